The number of ether oxygens (including phenoxy) is 1. The molecule has 96 valence electrons. The minimum absolute atomic E-state index is 0.223. The van der Waals surface area contributed by atoms with Gasteiger partial charge in [-0.25, -0.2) is 4.79 Å². The molecule has 1 atom stereocenters. The van der Waals surface area contributed by atoms with Gasteiger partial charge in [0.15, 0.2) is 0 Å². The van der Waals surface area contributed by atoms with E-state index in [9.17, 15) is 9.59 Å². The third-order valence-corrected chi connectivity index (χ3v) is 3.06. The van der Waals surface area contributed by atoms with Crippen LogP contribution in [0.3, 0.4) is 0 Å². The second-order valence-corrected chi connectivity index (χ2v) is 4.58. The van der Waals surface area contributed by atoms with Gasteiger partial charge in [0.1, 0.15) is 6.61 Å². The number of carbonyl (C=O) groups excluding carboxylic acids is 2. The van der Waals surface area contributed by atoms with Crippen LogP contribution in [0.25, 0.3) is 0 Å². The molecule has 1 aliphatic rings. The predicted octanol–water partition coefficient (Wildman–Crippen LogP) is 2.10. The van der Waals surface area contributed by atoms with Crippen LogP contribution in [0.2, 0.25) is 0 Å². The van der Waals surface area contributed by atoms with Gasteiger partial charge in [-0.3, -0.25) is 4.79 Å². The number of carbonyl (C=O) groups is 2. The van der Waals surface area contributed by atoms with Crippen molar-refractivity contribution in [2.75, 3.05) is 13.2 Å². The van der Waals surface area contributed by atoms with E-state index in [0.29, 0.717) is 18.2 Å². The van der Waals surface area contributed by atoms with E-state index in [2.05, 4.69) is 13.8 Å². The first-order chi connectivity index (χ1) is 8.17. The summed E-state index contributed by atoms with van der Waals surface area (Å²) in [5.74, 6) is 0.252. The first-order valence-corrected chi connectivity index (χ1v) is 6.26. The maximum Gasteiger partial charge on any atom is 0.333 e. The number of cyclic esters (lactones) is 1. The van der Waals surface area contributed by atoms with Gasteiger partial charge in [-0.05, 0) is 12.3 Å². The fraction of sp³-hybridized carbons (Fsp3) is 0.692. The molecule has 0 radical (unpaired) electrons. The number of hydrogen-bond donors (Lipinski definition) is 0. The first-order valence-electron chi connectivity index (χ1n) is 6.26. The van der Waals surface area contributed by atoms with Crippen LogP contribution in [0, 0.1) is 5.92 Å². The van der Waals surface area contributed by atoms with E-state index in [-0.39, 0.29) is 12.6 Å². The van der Waals surface area contributed by atoms with Gasteiger partial charge >= 0.3 is 5.97 Å². The predicted molar refractivity (Wildman–Crippen MR) is 65.1 cm³/mol. The molecule has 0 aromatic rings. The number of rotatable bonds is 8. The lowest BCUT2D eigenvalue weighted by molar-refractivity contribution is -0.135. The maximum atomic E-state index is 10.9. The Hall–Kier alpha value is -1.32. The van der Waals surface area contributed by atoms with Gasteiger partial charge in [0.25, 0.3) is 0 Å². The van der Waals surface area contributed by atoms with Crippen molar-refractivity contribution in [1.82, 2.24) is 4.90 Å². The topological polar surface area (TPSA) is 46.6 Å². The summed E-state index contributed by atoms with van der Waals surface area (Å²) >= 11 is 0. The summed E-state index contributed by atoms with van der Waals surface area (Å²) < 4.78 is 4.79. The zero-order valence-electron chi connectivity index (χ0n) is 10.6. The SMILES string of the molecule is CCCCC(C)CCN(C=O)C1=CC(=O)OC1. The van der Waals surface area contributed by atoms with Crippen molar-refractivity contribution in [3.63, 3.8) is 0 Å². The van der Waals surface area contributed by atoms with Crippen LogP contribution < -0.4 is 0 Å². The summed E-state index contributed by atoms with van der Waals surface area (Å²) in [6.45, 7) is 5.26. The largest absolute Gasteiger partial charge is 0.456 e. The summed E-state index contributed by atoms with van der Waals surface area (Å²) in [6, 6.07) is 0. The number of amides is 1. The third kappa shape index (κ3) is 4.59. The summed E-state index contributed by atoms with van der Waals surface area (Å²) in [5, 5.41) is 0. The van der Waals surface area contributed by atoms with Gasteiger partial charge in [0, 0.05) is 12.6 Å². The van der Waals surface area contributed by atoms with Crippen LogP contribution in [-0.2, 0) is 14.3 Å². The van der Waals surface area contributed by atoms with Crippen LogP contribution in [0.4, 0.5) is 0 Å². The molecule has 4 nitrogen and oxygen atoms in total. The molecule has 1 rings (SSSR count). The fourth-order valence-electron chi connectivity index (χ4n) is 1.85. The van der Waals surface area contributed by atoms with Gasteiger partial charge in [0.2, 0.25) is 6.41 Å². The van der Waals surface area contributed by atoms with Crippen molar-refractivity contribution >= 4 is 12.4 Å². The molecule has 1 aliphatic heterocycles. The van der Waals surface area contributed by atoms with E-state index in [1.807, 2.05) is 0 Å². The Kier molecular flexibility index (Phi) is 5.73. The Morgan fingerprint density at radius 3 is 2.82 bits per heavy atom. The Balaban J connectivity index is 2.35. The van der Waals surface area contributed by atoms with Gasteiger partial charge in [-0.2, -0.15) is 0 Å². The molecule has 0 saturated heterocycles. The Morgan fingerprint density at radius 1 is 1.53 bits per heavy atom. The average Bonchev–Trinajstić information content (AvgIpc) is 2.74. The molecule has 1 heterocycles. The summed E-state index contributed by atoms with van der Waals surface area (Å²) in [4.78, 5) is 23.4. The first kappa shape index (κ1) is 13.7. The molecule has 1 unspecified atom stereocenters. The molecular weight excluding hydrogens is 218 g/mol. The highest BCUT2D eigenvalue weighted by molar-refractivity contribution is 5.85. The highest BCUT2D eigenvalue weighted by Gasteiger charge is 2.18. The van der Waals surface area contributed by atoms with Crippen LogP contribution in [-0.4, -0.2) is 30.4 Å². The van der Waals surface area contributed by atoms with Gasteiger partial charge < -0.3 is 9.64 Å². The molecule has 0 aliphatic carbocycles. The van der Waals surface area contributed by atoms with Crippen LogP contribution in [0.1, 0.15) is 39.5 Å². The highest BCUT2D eigenvalue weighted by Crippen LogP contribution is 2.15. The number of hydrogen-bond acceptors (Lipinski definition) is 3. The monoisotopic (exact) mass is 239 g/mol. The van der Waals surface area contributed by atoms with Gasteiger partial charge in [0.05, 0.1) is 5.70 Å². The number of unbranched alkanes of at least 4 members (excludes halogenated alkanes) is 1. The van der Waals surface area contributed by atoms with Crippen molar-refractivity contribution in [3.8, 4) is 0 Å². The molecule has 0 fully saturated rings. The smallest absolute Gasteiger partial charge is 0.333 e. The number of nitrogens with zero attached hydrogens (tertiary/aromatic N) is 1. The van der Waals surface area contributed by atoms with Crippen molar-refractivity contribution in [3.05, 3.63) is 11.8 Å². The van der Waals surface area contributed by atoms with Crippen molar-refractivity contribution in [2.24, 2.45) is 5.92 Å². The van der Waals surface area contributed by atoms with Crippen LogP contribution >= 0.6 is 0 Å². The molecule has 0 N–H and O–H groups in total. The number of esters is 1. The Labute approximate surface area is 103 Å². The van der Waals surface area contributed by atoms with Gasteiger partial charge in [-0.1, -0.05) is 33.1 Å². The van der Waals surface area contributed by atoms with Crippen molar-refractivity contribution in [1.29, 1.82) is 0 Å². The zero-order valence-corrected chi connectivity index (χ0v) is 10.6. The molecule has 0 saturated carbocycles. The fourth-order valence-corrected chi connectivity index (χ4v) is 1.85. The molecule has 0 aromatic carbocycles. The molecule has 17 heavy (non-hydrogen) atoms. The van der Waals surface area contributed by atoms with E-state index in [0.717, 1.165) is 12.8 Å². The quantitative estimate of drug-likeness (QED) is 0.481. The highest BCUT2D eigenvalue weighted by atomic mass is 16.5. The summed E-state index contributed by atoms with van der Waals surface area (Å²) in [5.41, 5.74) is 0.674. The molecule has 0 spiro atoms. The van der Waals surface area contributed by atoms with E-state index < -0.39 is 0 Å². The maximum absolute atomic E-state index is 10.9. The molecule has 1 amide bonds. The van der Waals surface area contributed by atoms with Crippen LogP contribution in [0.5, 0.6) is 0 Å². The van der Waals surface area contributed by atoms with E-state index in [4.69, 9.17) is 4.74 Å². The second kappa shape index (κ2) is 7.09. The summed E-state index contributed by atoms with van der Waals surface area (Å²) in [6.07, 6.45) is 6.76. The lowest BCUT2D eigenvalue weighted by Gasteiger charge is -2.19. The molecule has 0 bridgehead atoms. The minimum atomic E-state index is -0.356. The minimum Gasteiger partial charge on any atom is -0.456 e. The second-order valence-electron chi connectivity index (χ2n) is 4.58. The lowest BCUT2D eigenvalue weighted by atomic mass is 10.0. The Bertz CT molecular complexity index is 299. The van der Waals surface area contributed by atoms with E-state index in [1.165, 1.54) is 25.3 Å². The van der Waals surface area contributed by atoms with Crippen molar-refractivity contribution in [2.45, 2.75) is 39.5 Å². The zero-order chi connectivity index (χ0) is 12.7. The third-order valence-electron chi connectivity index (χ3n) is 3.06. The van der Waals surface area contributed by atoms with E-state index in [1.54, 1.807) is 4.90 Å². The molecule has 0 aromatic heterocycles. The normalized spacial score (nSPS) is 16.4. The molecular formula is C13H21NO3. The van der Waals surface area contributed by atoms with Crippen molar-refractivity contribution < 1.29 is 14.3 Å². The van der Waals surface area contributed by atoms with Gasteiger partial charge in [-0.15, -0.1) is 0 Å². The Morgan fingerprint density at radius 2 is 2.29 bits per heavy atom. The average molecular weight is 239 g/mol. The van der Waals surface area contributed by atoms with E-state index >= 15 is 0 Å². The summed E-state index contributed by atoms with van der Waals surface area (Å²) in [7, 11) is 0. The lowest BCUT2D eigenvalue weighted by Crippen LogP contribution is -2.24. The van der Waals surface area contributed by atoms with Crippen LogP contribution in [0.15, 0.2) is 11.8 Å². The standard InChI is InChI=1S/C13H21NO3/c1-3-4-5-11(2)6-7-14(10-15)12-8-13(16)17-9-12/h8,10-11H,3-7,9H2,1-2H3. The molecule has 4 heteroatoms.